The number of rotatable bonds is 5. The summed E-state index contributed by atoms with van der Waals surface area (Å²) in [7, 11) is 0. The molecule has 2 N–H and O–H groups in total. The molecule has 0 aromatic carbocycles. The van der Waals surface area contributed by atoms with Gasteiger partial charge in [-0.25, -0.2) is 4.79 Å². The molecule has 0 unspecified atom stereocenters. The molecule has 0 radical (unpaired) electrons. The number of hydrogen-bond donors (Lipinski definition) is 1. The zero-order chi connectivity index (χ0) is 16.9. The number of carbonyl (C=O) groups is 1. The molecule has 1 saturated heterocycles. The highest BCUT2D eigenvalue weighted by Crippen LogP contribution is 2.28. The van der Waals surface area contributed by atoms with Crippen LogP contribution in [0.3, 0.4) is 0 Å². The van der Waals surface area contributed by atoms with Gasteiger partial charge in [0.25, 0.3) is 0 Å². The van der Waals surface area contributed by atoms with Crippen LogP contribution >= 0.6 is 24.0 Å². The van der Waals surface area contributed by atoms with E-state index in [2.05, 4.69) is 4.99 Å². The summed E-state index contributed by atoms with van der Waals surface area (Å²) < 4.78 is 10.9. The molecule has 0 aromatic rings. The molecular formula is C16H31IN4O3. The lowest BCUT2D eigenvalue weighted by Gasteiger charge is -2.36. The van der Waals surface area contributed by atoms with Crippen molar-refractivity contribution in [3.63, 3.8) is 0 Å². The molecule has 0 spiro atoms. The van der Waals surface area contributed by atoms with Crippen LogP contribution in [-0.2, 0) is 9.47 Å². The molecule has 2 aliphatic rings. The highest BCUT2D eigenvalue weighted by molar-refractivity contribution is 14.0. The van der Waals surface area contributed by atoms with Gasteiger partial charge in [0.05, 0.1) is 13.2 Å². The minimum absolute atomic E-state index is 0. The molecule has 140 valence electrons. The van der Waals surface area contributed by atoms with E-state index in [0.717, 1.165) is 12.5 Å². The van der Waals surface area contributed by atoms with Crippen LogP contribution in [0.4, 0.5) is 4.79 Å². The van der Waals surface area contributed by atoms with E-state index in [1.54, 1.807) is 4.90 Å². The Morgan fingerprint density at radius 3 is 2.29 bits per heavy atom. The molecule has 1 aliphatic carbocycles. The van der Waals surface area contributed by atoms with Crippen LogP contribution in [0.2, 0.25) is 0 Å². The van der Waals surface area contributed by atoms with Crippen molar-refractivity contribution in [2.75, 3.05) is 45.9 Å². The maximum atomic E-state index is 12.0. The third-order valence-corrected chi connectivity index (χ3v) is 3.82. The molecule has 24 heavy (non-hydrogen) atoms. The Hall–Kier alpha value is -0.770. The first-order valence-corrected chi connectivity index (χ1v) is 8.46. The fourth-order valence-electron chi connectivity index (χ4n) is 2.30. The fraction of sp³-hybridized carbons (Fsp3) is 0.875. The van der Waals surface area contributed by atoms with E-state index >= 15 is 0 Å². The van der Waals surface area contributed by atoms with Gasteiger partial charge in [0, 0.05) is 32.8 Å². The van der Waals surface area contributed by atoms with E-state index in [4.69, 9.17) is 15.2 Å². The number of guanidine groups is 1. The largest absolute Gasteiger partial charge is 0.444 e. The third-order valence-electron chi connectivity index (χ3n) is 3.82. The maximum absolute atomic E-state index is 12.0. The first kappa shape index (κ1) is 21.3. The second-order valence-electron chi connectivity index (χ2n) is 7.21. The quantitative estimate of drug-likeness (QED) is 0.297. The van der Waals surface area contributed by atoms with Crippen molar-refractivity contribution < 1.29 is 14.3 Å². The van der Waals surface area contributed by atoms with Gasteiger partial charge in [-0.05, 0) is 39.5 Å². The molecule has 8 heteroatoms. The van der Waals surface area contributed by atoms with Crippen molar-refractivity contribution >= 4 is 36.0 Å². The Kier molecular flexibility index (Phi) is 8.55. The smallest absolute Gasteiger partial charge is 0.410 e. The number of nitrogens with two attached hydrogens (primary N) is 1. The standard InChI is InChI=1S/C16H30N4O3.HI/c1-16(2,3)23-15(21)20-9-7-19(8-10-20)14(17)18-6-11-22-12-13-4-5-13;/h13H,4-12H2,1-3H3,(H2,17,18);1H. The lowest BCUT2D eigenvalue weighted by molar-refractivity contribution is 0.0186. The number of hydrogen-bond acceptors (Lipinski definition) is 4. The van der Waals surface area contributed by atoms with Gasteiger partial charge in [-0.2, -0.15) is 0 Å². The summed E-state index contributed by atoms with van der Waals surface area (Å²) in [6, 6.07) is 0. The van der Waals surface area contributed by atoms with E-state index < -0.39 is 5.60 Å². The maximum Gasteiger partial charge on any atom is 0.410 e. The van der Waals surface area contributed by atoms with Crippen molar-refractivity contribution in [2.24, 2.45) is 16.6 Å². The number of nitrogens with zero attached hydrogens (tertiary/aromatic N) is 3. The molecule has 0 bridgehead atoms. The van der Waals surface area contributed by atoms with E-state index in [0.29, 0.717) is 45.3 Å². The molecule has 0 atom stereocenters. The predicted octanol–water partition coefficient (Wildman–Crippen LogP) is 1.90. The Balaban J connectivity index is 0.00000288. The van der Waals surface area contributed by atoms with E-state index in [1.807, 2.05) is 25.7 Å². The monoisotopic (exact) mass is 454 g/mol. The van der Waals surface area contributed by atoms with Gasteiger partial charge in [0.2, 0.25) is 0 Å². The SMILES string of the molecule is CC(C)(C)OC(=O)N1CCN(C(N)=NCCOCC2CC2)CC1.I. The molecule has 0 aromatic heterocycles. The number of piperazine rings is 1. The Bertz CT molecular complexity index is 428. The first-order chi connectivity index (χ1) is 10.8. The summed E-state index contributed by atoms with van der Waals surface area (Å²) in [6.45, 7) is 10.2. The van der Waals surface area contributed by atoms with Gasteiger partial charge in [0.1, 0.15) is 5.60 Å². The van der Waals surface area contributed by atoms with Crippen LogP contribution in [-0.4, -0.2) is 73.4 Å². The molecule has 1 saturated carbocycles. The summed E-state index contributed by atoms with van der Waals surface area (Å²) >= 11 is 0. The first-order valence-electron chi connectivity index (χ1n) is 8.46. The summed E-state index contributed by atoms with van der Waals surface area (Å²) in [5.74, 6) is 1.31. The van der Waals surface area contributed by atoms with E-state index in [9.17, 15) is 4.79 Å². The summed E-state index contributed by atoms with van der Waals surface area (Å²) in [5.41, 5.74) is 5.55. The van der Waals surface area contributed by atoms with Crippen LogP contribution in [0.1, 0.15) is 33.6 Å². The zero-order valence-corrected chi connectivity index (χ0v) is 17.3. The number of halogens is 1. The lowest BCUT2D eigenvalue weighted by Crippen LogP contribution is -2.53. The Morgan fingerprint density at radius 1 is 1.17 bits per heavy atom. The fourth-order valence-corrected chi connectivity index (χ4v) is 2.30. The Morgan fingerprint density at radius 2 is 1.75 bits per heavy atom. The van der Waals surface area contributed by atoms with E-state index in [1.165, 1.54) is 12.8 Å². The van der Waals surface area contributed by atoms with Crippen molar-refractivity contribution in [2.45, 2.75) is 39.2 Å². The van der Waals surface area contributed by atoms with Crippen LogP contribution in [0.25, 0.3) is 0 Å². The van der Waals surface area contributed by atoms with Gasteiger partial charge < -0.3 is 25.0 Å². The average Bonchev–Trinajstić information content (AvgIpc) is 3.29. The topological polar surface area (TPSA) is 80.4 Å². The number of carbonyl (C=O) groups excluding carboxylic acids is 1. The van der Waals surface area contributed by atoms with Gasteiger partial charge in [-0.15, -0.1) is 24.0 Å². The number of amides is 1. The molecular weight excluding hydrogens is 423 g/mol. The van der Waals surface area contributed by atoms with Gasteiger partial charge in [-0.1, -0.05) is 0 Å². The predicted molar refractivity (Wildman–Crippen MR) is 105 cm³/mol. The minimum atomic E-state index is -0.463. The normalized spacial score (nSPS) is 19.0. The van der Waals surface area contributed by atoms with Crippen molar-refractivity contribution in [1.29, 1.82) is 0 Å². The van der Waals surface area contributed by atoms with Gasteiger partial charge >= 0.3 is 6.09 Å². The minimum Gasteiger partial charge on any atom is -0.444 e. The van der Waals surface area contributed by atoms with Crippen LogP contribution < -0.4 is 5.73 Å². The van der Waals surface area contributed by atoms with Gasteiger partial charge in [-0.3, -0.25) is 4.99 Å². The van der Waals surface area contributed by atoms with Crippen molar-refractivity contribution in [3.8, 4) is 0 Å². The lowest BCUT2D eigenvalue weighted by atomic mass is 10.2. The zero-order valence-electron chi connectivity index (χ0n) is 15.0. The highest BCUT2D eigenvalue weighted by atomic mass is 127. The molecule has 2 rings (SSSR count). The summed E-state index contributed by atoms with van der Waals surface area (Å²) in [5, 5.41) is 0. The Labute approximate surface area is 161 Å². The average molecular weight is 454 g/mol. The van der Waals surface area contributed by atoms with Crippen molar-refractivity contribution in [1.82, 2.24) is 9.80 Å². The number of aliphatic imine (C=N–C) groups is 1. The van der Waals surface area contributed by atoms with Crippen LogP contribution in [0.5, 0.6) is 0 Å². The second-order valence-corrected chi connectivity index (χ2v) is 7.21. The molecule has 7 nitrogen and oxygen atoms in total. The molecule has 1 heterocycles. The summed E-state index contributed by atoms with van der Waals surface area (Å²) in [6.07, 6.45) is 2.34. The van der Waals surface area contributed by atoms with Crippen LogP contribution in [0, 0.1) is 5.92 Å². The third kappa shape index (κ3) is 7.87. The number of ether oxygens (including phenoxy) is 2. The van der Waals surface area contributed by atoms with E-state index in [-0.39, 0.29) is 30.1 Å². The molecule has 1 amide bonds. The van der Waals surface area contributed by atoms with Crippen molar-refractivity contribution in [3.05, 3.63) is 0 Å². The molecule has 2 fully saturated rings. The van der Waals surface area contributed by atoms with Gasteiger partial charge in [0.15, 0.2) is 5.96 Å². The highest BCUT2D eigenvalue weighted by Gasteiger charge is 2.26. The van der Waals surface area contributed by atoms with Crippen LogP contribution in [0.15, 0.2) is 4.99 Å². The molecule has 1 aliphatic heterocycles. The summed E-state index contributed by atoms with van der Waals surface area (Å²) in [4.78, 5) is 20.1. The second kappa shape index (κ2) is 9.65.